The van der Waals surface area contributed by atoms with Crippen molar-refractivity contribution in [1.82, 2.24) is 0 Å². The molecule has 0 radical (unpaired) electrons. The largest absolute Gasteiger partial charge is 0.322 e. The van der Waals surface area contributed by atoms with E-state index >= 15 is 0 Å². The molecule has 27 heavy (non-hydrogen) atoms. The Morgan fingerprint density at radius 3 is 1.67 bits per heavy atom. The molecular formula is C21H16F2N2O2. The minimum Gasteiger partial charge on any atom is -0.322 e. The van der Waals surface area contributed by atoms with Crippen LogP contribution in [0.5, 0.6) is 0 Å². The molecule has 0 saturated carbocycles. The Morgan fingerprint density at radius 1 is 0.704 bits per heavy atom. The van der Waals surface area contributed by atoms with Crippen molar-refractivity contribution in [2.75, 3.05) is 10.6 Å². The van der Waals surface area contributed by atoms with Gasteiger partial charge in [-0.15, -0.1) is 0 Å². The molecule has 0 fully saturated rings. The third-order valence-electron chi connectivity index (χ3n) is 3.95. The van der Waals surface area contributed by atoms with E-state index in [1.165, 1.54) is 48.5 Å². The van der Waals surface area contributed by atoms with Crippen LogP contribution in [-0.4, -0.2) is 11.8 Å². The van der Waals surface area contributed by atoms with Gasteiger partial charge in [0, 0.05) is 22.5 Å². The Hall–Kier alpha value is -3.54. The molecule has 0 aromatic heterocycles. The summed E-state index contributed by atoms with van der Waals surface area (Å²) in [6.45, 7) is 1.79. The second-order valence-corrected chi connectivity index (χ2v) is 5.95. The second kappa shape index (κ2) is 7.78. The molecule has 0 heterocycles. The third-order valence-corrected chi connectivity index (χ3v) is 3.95. The van der Waals surface area contributed by atoms with Gasteiger partial charge in [-0.3, -0.25) is 9.59 Å². The van der Waals surface area contributed by atoms with Crippen molar-refractivity contribution >= 4 is 23.2 Å². The molecule has 6 heteroatoms. The summed E-state index contributed by atoms with van der Waals surface area (Å²) in [7, 11) is 0. The first kappa shape index (κ1) is 18.3. The highest BCUT2D eigenvalue weighted by molar-refractivity contribution is 6.06. The number of anilines is 2. The molecule has 2 amide bonds. The fourth-order valence-corrected chi connectivity index (χ4v) is 2.48. The minimum atomic E-state index is -0.413. The Labute approximate surface area is 154 Å². The van der Waals surface area contributed by atoms with Crippen molar-refractivity contribution in [3.63, 3.8) is 0 Å². The lowest BCUT2D eigenvalue weighted by atomic mass is 10.1. The van der Waals surface area contributed by atoms with Crippen LogP contribution in [0.15, 0.2) is 66.7 Å². The van der Waals surface area contributed by atoms with Crippen LogP contribution in [0.4, 0.5) is 20.2 Å². The molecule has 3 aromatic rings. The van der Waals surface area contributed by atoms with Gasteiger partial charge in [0.05, 0.1) is 0 Å². The summed E-state index contributed by atoms with van der Waals surface area (Å²) >= 11 is 0. The van der Waals surface area contributed by atoms with E-state index in [0.29, 0.717) is 22.5 Å². The number of amides is 2. The van der Waals surface area contributed by atoms with Crippen molar-refractivity contribution in [3.8, 4) is 0 Å². The number of nitrogens with one attached hydrogen (secondary N) is 2. The highest BCUT2D eigenvalue weighted by Gasteiger charge is 2.10. The molecule has 0 aliphatic rings. The summed E-state index contributed by atoms with van der Waals surface area (Å²) in [5, 5.41) is 5.47. The number of halogens is 2. The van der Waals surface area contributed by atoms with Crippen molar-refractivity contribution in [1.29, 1.82) is 0 Å². The molecular weight excluding hydrogens is 350 g/mol. The summed E-state index contributed by atoms with van der Waals surface area (Å²) in [5.74, 6) is -1.55. The van der Waals surface area contributed by atoms with Crippen LogP contribution in [0.2, 0.25) is 0 Å². The third kappa shape index (κ3) is 4.55. The summed E-state index contributed by atoms with van der Waals surface area (Å²) in [4.78, 5) is 24.4. The van der Waals surface area contributed by atoms with Crippen LogP contribution in [0, 0.1) is 18.6 Å². The van der Waals surface area contributed by atoms with Crippen LogP contribution in [0.1, 0.15) is 26.3 Å². The highest BCUT2D eigenvalue weighted by Crippen LogP contribution is 2.21. The first-order valence-corrected chi connectivity index (χ1v) is 8.17. The van der Waals surface area contributed by atoms with E-state index in [2.05, 4.69) is 10.6 Å². The number of benzene rings is 3. The summed E-state index contributed by atoms with van der Waals surface area (Å²) in [6, 6.07) is 15.5. The highest BCUT2D eigenvalue weighted by atomic mass is 19.1. The molecule has 2 N–H and O–H groups in total. The lowest BCUT2D eigenvalue weighted by Gasteiger charge is -2.11. The quantitative estimate of drug-likeness (QED) is 0.698. The first-order chi connectivity index (χ1) is 12.9. The first-order valence-electron chi connectivity index (χ1n) is 8.17. The Balaban J connectivity index is 1.69. The van der Waals surface area contributed by atoms with Crippen LogP contribution in [-0.2, 0) is 0 Å². The van der Waals surface area contributed by atoms with E-state index in [4.69, 9.17) is 0 Å². The number of rotatable bonds is 4. The van der Waals surface area contributed by atoms with Crippen LogP contribution in [0.25, 0.3) is 0 Å². The number of carbonyl (C=O) groups is 2. The minimum absolute atomic E-state index is 0.336. The summed E-state index contributed by atoms with van der Waals surface area (Å²) < 4.78 is 25.9. The number of aryl methyl sites for hydroxylation is 1. The molecule has 0 bridgehead atoms. The molecule has 0 aliphatic heterocycles. The molecule has 0 unspecified atom stereocenters. The topological polar surface area (TPSA) is 58.2 Å². The van der Waals surface area contributed by atoms with Gasteiger partial charge in [0.1, 0.15) is 11.6 Å². The molecule has 0 atom stereocenters. The van der Waals surface area contributed by atoms with Gasteiger partial charge in [-0.1, -0.05) is 0 Å². The van der Waals surface area contributed by atoms with E-state index < -0.39 is 11.6 Å². The van der Waals surface area contributed by atoms with E-state index in [9.17, 15) is 18.4 Å². The number of hydrogen-bond acceptors (Lipinski definition) is 2. The second-order valence-electron chi connectivity index (χ2n) is 5.95. The van der Waals surface area contributed by atoms with Crippen LogP contribution < -0.4 is 10.6 Å². The van der Waals surface area contributed by atoms with Crippen molar-refractivity contribution < 1.29 is 18.4 Å². The summed E-state index contributed by atoms with van der Waals surface area (Å²) in [5.41, 5.74) is 2.53. The fourth-order valence-electron chi connectivity index (χ4n) is 2.48. The van der Waals surface area contributed by atoms with E-state index in [1.807, 2.05) is 0 Å². The Morgan fingerprint density at radius 2 is 1.19 bits per heavy atom. The van der Waals surface area contributed by atoms with Crippen LogP contribution >= 0.6 is 0 Å². The van der Waals surface area contributed by atoms with E-state index in [1.54, 1.807) is 25.1 Å². The van der Waals surface area contributed by atoms with Crippen molar-refractivity contribution in [3.05, 3.63) is 95.1 Å². The molecule has 0 saturated heterocycles. The van der Waals surface area contributed by atoms with Gasteiger partial charge in [0.2, 0.25) is 0 Å². The lowest BCUT2D eigenvalue weighted by molar-refractivity contribution is 0.101. The molecule has 4 nitrogen and oxygen atoms in total. The fraction of sp³-hybridized carbons (Fsp3) is 0.0476. The predicted molar refractivity (Wildman–Crippen MR) is 99.9 cm³/mol. The van der Waals surface area contributed by atoms with Gasteiger partial charge in [0.15, 0.2) is 0 Å². The number of carbonyl (C=O) groups excluding carboxylic acids is 2. The van der Waals surface area contributed by atoms with Gasteiger partial charge in [-0.05, 0) is 79.2 Å². The van der Waals surface area contributed by atoms with Crippen molar-refractivity contribution in [2.24, 2.45) is 0 Å². The zero-order chi connectivity index (χ0) is 19.4. The predicted octanol–water partition coefficient (Wildman–Crippen LogP) is 4.78. The smallest absolute Gasteiger partial charge is 0.255 e. The number of hydrogen-bond donors (Lipinski definition) is 2. The monoisotopic (exact) mass is 366 g/mol. The van der Waals surface area contributed by atoms with Crippen molar-refractivity contribution in [2.45, 2.75) is 6.92 Å². The van der Waals surface area contributed by atoms with Crippen LogP contribution in [0.3, 0.4) is 0 Å². The zero-order valence-electron chi connectivity index (χ0n) is 14.4. The maximum absolute atomic E-state index is 12.9. The molecule has 136 valence electrons. The zero-order valence-corrected chi connectivity index (χ0v) is 14.4. The Bertz CT molecular complexity index is 984. The SMILES string of the molecule is Cc1cc(NC(=O)c2ccc(F)cc2)ccc1NC(=O)c1ccc(F)cc1. The normalized spacial score (nSPS) is 10.3. The maximum atomic E-state index is 12.9. The average molecular weight is 366 g/mol. The van der Waals surface area contributed by atoms with Gasteiger partial charge >= 0.3 is 0 Å². The Kier molecular flexibility index (Phi) is 5.26. The molecule has 3 aromatic carbocycles. The van der Waals surface area contributed by atoms with E-state index in [-0.39, 0.29) is 11.8 Å². The standard InChI is InChI=1S/C21H16F2N2O2/c1-13-12-18(24-20(26)14-2-6-16(22)7-3-14)10-11-19(13)25-21(27)15-4-8-17(23)9-5-15/h2-12H,1H3,(H,24,26)(H,25,27). The average Bonchev–Trinajstić information content (AvgIpc) is 2.65. The summed E-state index contributed by atoms with van der Waals surface area (Å²) in [6.07, 6.45) is 0. The van der Waals surface area contributed by atoms with E-state index in [0.717, 1.165) is 5.56 Å². The molecule has 0 spiro atoms. The molecule has 0 aliphatic carbocycles. The van der Waals surface area contributed by atoms with Gasteiger partial charge in [-0.2, -0.15) is 0 Å². The van der Waals surface area contributed by atoms with Gasteiger partial charge in [-0.25, -0.2) is 8.78 Å². The maximum Gasteiger partial charge on any atom is 0.255 e. The van der Waals surface area contributed by atoms with Gasteiger partial charge in [0.25, 0.3) is 11.8 Å². The van der Waals surface area contributed by atoms with Gasteiger partial charge < -0.3 is 10.6 Å². The lowest BCUT2D eigenvalue weighted by Crippen LogP contribution is -2.14. The molecule has 3 rings (SSSR count).